The summed E-state index contributed by atoms with van der Waals surface area (Å²) in [4.78, 5) is 10.5. The van der Waals surface area contributed by atoms with Gasteiger partial charge in [-0.2, -0.15) is 0 Å². The van der Waals surface area contributed by atoms with Crippen LogP contribution in [0.1, 0.15) is 0 Å². The Morgan fingerprint density at radius 1 is 1.89 bits per heavy atom. The van der Waals surface area contributed by atoms with Crippen LogP contribution in [0.3, 0.4) is 0 Å². The molecule has 0 atom stereocenters. The molecule has 6 heteroatoms. The number of hydrazone groups is 1. The van der Waals surface area contributed by atoms with Crippen molar-refractivity contribution in [1.82, 2.24) is 9.42 Å². The second kappa shape index (κ2) is 2.24. The van der Waals surface area contributed by atoms with Crippen molar-refractivity contribution in [2.24, 2.45) is 10.9 Å². The Kier molecular flexibility index (Phi) is 1.58. The van der Waals surface area contributed by atoms with E-state index in [1.807, 2.05) is 0 Å². The fourth-order valence-corrected chi connectivity index (χ4v) is 0.596. The highest BCUT2D eigenvalue weighted by atomic mass is 32.1. The van der Waals surface area contributed by atoms with E-state index in [1.165, 1.54) is 0 Å². The number of hydrogen-bond donors (Lipinski definition) is 1. The Balaban J connectivity index is 2.65. The van der Waals surface area contributed by atoms with Gasteiger partial charge in [0.1, 0.15) is 12.9 Å². The number of nitrogens with two attached hydrogens (primary N) is 1. The Bertz CT molecular complexity index is 158. The van der Waals surface area contributed by atoms with Crippen molar-refractivity contribution < 1.29 is 4.79 Å². The van der Waals surface area contributed by atoms with E-state index in [-0.39, 0.29) is 12.6 Å². The highest BCUT2D eigenvalue weighted by Crippen LogP contribution is 1.92. The molecular weight excluding hydrogens is 140 g/mol. The predicted octanol–water partition coefficient (Wildman–Crippen LogP) is -1.59. The number of hydrazine groups is 1. The zero-order valence-corrected chi connectivity index (χ0v) is 5.34. The summed E-state index contributed by atoms with van der Waals surface area (Å²) in [6.07, 6.45) is 1.08. The van der Waals surface area contributed by atoms with Crippen LogP contribution in [0.5, 0.6) is 0 Å². The number of amides is 1. The minimum Gasteiger partial charge on any atom is -0.643 e. The van der Waals surface area contributed by atoms with E-state index in [4.69, 9.17) is 5.84 Å². The second-order valence-electron chi connectivity index (χ2n) is 1.55. The van der Waals surface area contributed by atoms with Gasteiger partial charge >= 0.3 is 0 Å². The summed E-state index contributed by atoms with van der Waals surface area (Å²) in [6, 6.07) is 0. The molecule has 50 valence electrons. The summed E-state index contributed by atoms with van der Waals surface area (Å²) in [7, 11) is 0. The molecule has 0 fully saturated rings. The Hall–Kier alpha value is -0.750. The molecule has 0 aromatic heterocycles. The van der Waals surface area contributed by atoms with Crippen LogP contribution in [0.2, 0.25) is 0 Å². The van der Waals surface area contributed by atoms with Gasteiger partial charge in [0.25, 0.3) is 5.91 Å². The average molecular weight is 145 g/mol. The molecule has 1 amide bonds. The van der Waals surface area contributed by atoms with Crippen LogP contribution in [0.15, 0.2) is 5.10 Å². The van der Waals surface area contributed by atoms with Crippen molar-refractivity contribution in [2.75, 3.05) is 6.67 Å². The maximum absolute atomic E-state index is 10.5. The van der Waals surface area contributed by atoms with E-state index in [0.717, 1.165) is 15.6 Å². The highest BCUT2D eigenvalue weighted by molar-refractivity contribution is 7.55. The van der Waals surface area contributed by atoms with Gasteiger partial charge in [-0.3, -0.25) is 9.80 Å². The lowest BCUT2D eigenvalue weighted by Gasteiger charge is -2.32. The molecule has 0 bridgehead atoms. The Labute approximate surface area is 57.6 Å². The monoisotopic (exact) mass is 145 g/mol. The molecule has 5 nitrogen and oxygen atoms in total. The molecule has 0 saturated carbocycles. The fourth-order valence-electron chi connectivity index (χ4n) is 0.424. The molecule has 0 aromatic rings. The van der Waals surface area contributed by atoms with Gasteiger partial charge in [-0.1, -0.05) is 0 Å². The quantitative estimate of drug-likeness (QED) is 0.253. The number of rotatable bonds is 0. The molecule has 0 aromatic carbocycles. The number of hydrogen-bond acceptors (Lipinski definition) is 5. The molecule has 1 rings (SSSR count). The van der Waals surface area contributed by atoms with Crippen LogP contribution in [-0.4, -0.2) is 28.2 Å². The van der Waals surface area contributed by atoms with Crippen LogP contribution in [-0.2, 0) is 17.6 Å². The largest absolute Gasteiger partial charge is 0.643 e. The standard InChI is InChI=1S/C3H5N4OS/c4-6-2-7(9)5-1-3(6)8/h1H,2,4H2/q-1. The zero-order chi connectivity index (χ0) is 6.85. The van der Waals surface area contributed by atoms with Gasteiger partial charge in [0, 0.05) is 0 Å². The molecule has 0 spiro atoms. The fraction of sp³-hybridized carbons (Fsp3) is 0.333. The molecule has 2 N–H and O–H groups in total. The highest BCUT2D eigenvalue weighted by Gasteiger charge is 2.09. The van der Waals surface area contributed by atoms with E-state index in [2.05, 4.69) is 17.9 Å². The van der Waals surface area contributed by atoms with Gasteiger partial charge in [0.2, 0.25) is 0 Å². The smallest absolute Gasteiger partial charge is 0.282 e. The average Bonchev–Trinajstić information content (AvgIpc) is 1.80. The molecule has 0 unspecified atom stereocenters. The molecule has 0 radical (unpaired) electrons. The van der Waals surface area contributed by atoms with Crippen LogP contribution in [0.4, 0.5) is 0 Å². The third-order valence-corrected chi connectivity index (χ3v) is 1.06. The number of carbonyl (C=O) groups is 1. The Morgan fingerprint density at radius 3 is 3.00 bits per heavy atom. The van der Waals surface area contributed by atoms with Crippen molar-refractivity contribution in [2.45, 2.75) is 0 Å². The third kappa shape index (κ3) is 1.33. The first-order valence-corrected chi connectivity index (χ1v) is 2.61. The summed E-state index contributed by atoms with van der Waals surface area (Å²) in [5.74, 6) is 4.83. The van der Waals surface area contributed by atoms with E-state index in [9.17, 15) is 4.79 Å². The molecule has 0 aliphatic carbocycles. The van der Waals surface area contributed by atoms with Gasteiger partial charge in [0.05, 0.1) is 0 Å². The zero-order valence-electron chi connectivity index (χ0n) is 4.52. The van der Waals surface area contributed by atoms with Crippen LogP contribution in [0, 0.1) is 0 Å². The topological polar surface area (TPSA) is 61.9 Å². The maximum atomic E-state index is 10.5. The van der Waals surface area contributed by atoms with E-state index in [1.54, 1.807) is 0 Å². The summed E-state index contributed by atoms with van der Waals surface area (Å²) in [6.45, 7) is 0.171. The van der Waals surface area contributed by atoms with Crippen molar-refractivity contribution >= 4 is 24.9 Å². The lowest BCUT2D eigenvalue weighted by atomic mass is 10.6. The van der Waals surface area contributed by atoms with Gasteiger partial charge in [0.15, 0.2) is 0 Å². The Morgan fingerprint density at radius 2 is 2.56 bits per heavy atom. The molecule has 1 aliphatic heterocycles. The summed E-state index contributed by atoms with van der Waals surface area (Å²) < 4.78 is 1.15. The van der Waals surface area contributed by atoms with Crippen LogP contribution in [0.25, 0.3) is 0 Å². The van der Waals surface area contributed by atoms with Gasteiger partial charge in [-0.25, -0.2) is 10.9 Å². The molecule has 9 heavy (non-hydrogen) atoms. The van der Waals surface area contributed by atoms with Crippen molar-refractivity contribution in [1.29, 1.82) is 0 Å². The van der Waals surface area contributed by atoms with E-state index < -0.39 is 0 Å². The minimum atomic E-state index is -0.323. The van der Waals surface area contributed by atoms with Crippen molar-refractivity contribution in [3.05, 3.63) is 0 Å². The molecular formula is C3H5N4OS-. The van der Waals surface area contributed by atoms with Crippen molar-refractivity contribution in [3.8, 4) is 0 Å². The summed E-state index contributed by atoms with van der Waals surface area (Å²) in [5, 5.41) is 4.50. The predicted molar refractivity (Wildman–Crippen MR) is 33.6 cm³/mol. The van der Waals surface area contributed by atoms with E-state index >= 15 is 0 Å². The van der Waals surface area contributed by atoms with Gasteiger partial charge in [-0.05, 0) is 0 Å². The van der Waals surface area contributed by atoms with Crippen LogP contribution >= 0.6 is 0 Å². The second-order valence-corrected chi connectivity index (χ2v) is 1.97. The van der Waals surface area contributed by atoms with Crippen molar-refractivity contribution in [3.63, 3.8) is 0 Å². The summed E-state index contributed by atoms with van der Waals surface area (Å²) in [5.41, 5.74) is 0. The molecule has 0 saturated heterocycles. The third-order valence-electron chi connectivity index (χ3n) is 0.853. The molecule has 1 aliphatic rings. The molecule has 1 heterocycles. The first-order chi connectivity index (χ1) is 4.20. The first kappa shape index (κ1) is 6.37. The van der Waals surface area contributed by atoms with Crippen LogP contribution < -0.4 is 5.84 Å². The minimum absolute atomic E-state index is 0.171. The SMILES string of the molecule is NN1CN([S-])N=CC1=O. The lowest BCUT2D eigenvalue weighted by molar-refractivity contribution is -0.126. The van der Waals surface area contributed by atoms with Gasteiger partial charge < -0.3 is 17.2 Å². The maximum Gasteiger partial charge on any atom is 0.282 e. The normalized spacial score (nSPS) is 19.1. The number of nitrogens with zero attached hydrogens (tertiary/aromatic N) is 3. The van der Waals surface area contributed by atoms with E-state index in [0.29, 0.717) is 0 Å². The first-order valence-electron chi connectivity index (χ1n) is 2.25. The summed E-state index contributed by atoms with van der Waals surface area (Å²) >= 11 is 4.58. The lowest BCUT2D eigenvalue weighted by Crippen LogP contribution is -2.46. The van der Waals surface area contributed by atoms with Gasteiger partial charge in [-0.15, -0.1) is 0 Å². The number of carbonyl (C=O) groups excluding carboxylic acids is 1.